The predicted molar refractivity (Wildman–Crippen MR) is 125 cm³/mol. The van der Waals surface area contributed by atoms with Gasteiger partial charge in [0.1, 0.15) is 12.3 Å². The van der Waals surface area contributed by atoms with E-state index in [1.54, 1.807) is 6.20 Å². The van der Waals surface area contributed by atoms with Crippen molar-refractivity contribution < 1.29 is 4.42 Å². The normalized spacial score (nSPS) is 13.4. The van der Waals surface area contributed by atoms with E-state index in [1.807, 2.05) is 0 Å². The summed E-state index contributed by atoms with van der Waals surface area (Å²) >= 11 is 0. The van der Waals surface area contributed by atoms with Crippen molar-refractivity contribution in [3.8, 4) is 0 Å². The molecule has 2 N–H and O–H groups in total. The molecule has 0 amide bonds. The van der Waals surface area contributed by atoms with Crippen molar-refractivity contribution in [3.05, 3.63) is 17.8 Å². The average molecular weight is 493 g/mol. The highest BCUT2D eigenvalue weighted by molar-refractivity contribution is 14.0. The lowest BCUT2D eigenvalue weighted by Gasteiger charge is -2.21. The molecule has 1 rings (SSSR count). The third kappa shape index (κ3) is 10.3. The van der Waals surface area contributed by atoms with E-state index in [0.717, 1.165) is 44.3 Å². The van der Waals surface area contributed by atoms with Crippen molar-refractivity contribution in [2.24, 2.45) is 4.99 Å². The first-order valence-electron chi connectivity index (χ1n) is 10.0. The second-order valence-electron chi connectivity index (χ2n) is 7.78. The minimum absolute atomic E-state index is 0. The van der Waals surface area contributed by atoms with Gasteiger partial charge in [0.15, 0.2) is 5.96 Å². The molecule has 0 spiro atoms. The molecule has 7 heteroatoms. The lowest BCUT2D eigenvalue weighted by molar-refractivity contribution is 0.292. The van der Waals surface area contributed by atoms with Gasteiger partial charge in [-0.25, -0.2) is 9.98 Å². The van der Waals surface area contributed by atoms with E-state index in [-0.39, 0.29) is 29.4 Å². The van der Waals surface area contributed by atoms with Gasteiger partial charge in [-0.05, 0) is 46.3 Å². The summed E-state index contributed by atoms with van der Waals surface area (Å²) in [6.07, 6.45) is 4.11. The third-order valence-electron chi connectivity index (χ3n) is 4.40. The molecular formula is C20H40IN5O. The minimum Gasteiger partial charge on any atom is -0.443 e. The van der Waals surface area contributed by atoms with Crippen LogP contribution < -0.4 is 10.6 Å². The Labute approximate surface area is 183 Å². The Bertz CT molecular complexity index is 535. The smallest absolute Gasteiger partial charge is 0.216 e. The first-order chi connectivity index (χ1) is 12.3. The molecule has 1 unspecified atom stereocenters. The zero-order valence-corrected chi connectivity index (χ0v) is 20.6. The van der Waals surface area contributed by atoms with Crippen molar-refractivity contribution in [1.29, 1.82) is 0 Å². The van der Waals surface area contributed by atoms with Gasteiger partial charge in [0.2, 0.25) is 5.89 Å². The van der Waals surface area contributed by atoms with Gasteiger partial charge >= 0.3 is 0 Å². The van der Waals surface area contributed by atoms with E-state index in [9.17, 15) is 0 Å². The van der Waals surface area contributed by atoms with E-state index in [0.29, 0.717) is 18.5 Å². The van der Waals surface area contributed by atoms with Crippen LogP contribution in [0.5, 0.6) is 0 Å². The number of halogens is 1. The predicted octanol–water partition coefficient (Wildman–Crippen LogP) is 4.16. The number of hydrogen-bond donors (Lipinski definition) is 2. The summed E-state index contributed by atoms with van der Waals surface area (Å²) in [5.41, 5.74) is -0.0307. The topological polar surface area (TPSA) is 65.7 Å². The van der Waals surface area contributed by atoms with Gasteiger partial charge < -0.3 is 20.0 Å². The molecule has 1 heterocycles. The van der Waals surface area contributed by atoms with E-state index < -0.39 is 0 Å². The van der Waals surface area contributed by atoms with Crippen LogP contribution in [0.4, 0.5) is 0 Å². The van der Waals surface area contributed by atoms with Gasteiger partial charge in [-0.1, -0.05) is 34.6 Å². The van der Waals surface area contributed by atoms with Gasteiger partial charge in [-0.3, -0.25) is 0 Å². The summed E-state index contributed by atoms with van der Waals surface area (Å²) < 4.78 is 5.82. The summed E-state index contributed by atoms with van der Waals surface area (Å²) in [5, 5.41) is 6.79. The molecule has 27 heavy (non-hydrogen) atoms. The number of oxazole rings is 1. The Morgan fingerprint density at radius 3 is 2.44 bits per heavy atom. The average Bonchev–Trinajstić information content (AvgIpc) is 3.06. The van der Waals surface area contributed by atoms with Crippen molar-refractivity contribution in [2.45, 2.75) is 79.3 Å². The molecule has 0 saturated heterocycles. The fourth-order valence-corrected chi connectivity index (χ4v) is 2.66. The molecule has 1 aromatic heterocycles. The molecule has 0 aliphatic rings. The van der Waals surface area contributed by atoms with Gasteiger partial charge in [0, 0.05) is 18.0 Å². The van der Waals surface area contributed by atoms with Gasteiger partial charge in [-0.2, -0.15) is 0 Å². The van der Waals surface area contributed by atoms with Crippen LogP contribution in [0.15, 0.2) is 15.6 Å². The van der Waals surface area contributed by atoms with E-state index in [1.165, 1.54) is 6.42 Å². The Balaban J connectivity index is 0.00000676. The summed E-state index contributed by atoms with van der Waals surface area (Å²) in [5.74, 6) is 2.37. The summed E-state index contributed by atoms with van der Waals surface area (Å²) in [7, 11) is 0. The highest BCUT2D eigenvalue weighted by Crippen LogP contribution is 2.22. The molecule has 0 aromatic carbocycles. The van der Waals surface area contributed by atoms with Crippen molar-refractivity contribution in [1.82, 2.24) is 20.5 Å². The highest BCUT2D eigenvalue weighted by atomic mass is 127. The Morgan fingerprint density at radius 2 is 1.93 bits per heavy atom. The third-order valence-corrected chi connectivity index (χ3v) is 4.40. The maximum Gasteiger partial charge on any atom is 0.216 e. The fraction of sp³-hybridized carbons (Fsp3) is 0.800. The summed E-state index contributed by atoms with van der Waals surface area (Å²) in [6, 6.07) is 0.373. The summed E-state index contributed by atoms with van der Waals surface area (Å²) in [4.78, 5) is 11.4. The molecule has 6 nitrogen and oxygen atoms in total. The molecular weight excluding hydrogens is 453 g/mol. The number of aromatic nitrogens is 1. The maximum atomic E-state index is 5.82. The molecule has 0 bridgehead atoms. The Kier molecular flexibility index (Phi) is 13.0. The van der Waals surface area contributed by atoms with Gasteiger partial charge in [-0.15, -0.1) is 24.0 Å². The van der Waals surface area contributed by atoms with E-state index in [2.05, 4.69) is 74.0 Å². The van der Waals surface area contributed by atoms with Crippen molar-refractivity contribution in [3.63, 3.8) is 0 Å². The van der Waals surface area contributed by atoms with Crippen molar-refractivity contribution in [2.75, 3.05) is 26.2 Å². The highest BCUT2D eigenvalue weighted by Gasteiger charge is 2.19. The molecule has 1 aromatic rings. The van der Waals surface area contributed by atoms with Crippen LogP contribution in [0.3, 0.4) is 0 Å². The number of guanidine groups is 1. The Hall–Kier alpha value is -0.830. The SMILES string of the molecule is CCNC(=NCc1ncc(C(C)(C)C)o1)NC(C)CCCN(CC)CC.I. The second-order valence-corrected chi connectivity index (χ2v) is 7.78. The van der Waals surface area contributed by atoms with Gasteiger partial charge in [0.25, 0.3) is 0 Å². The number of hydrogen-bond acceptors (Lipinski definition) is 4. The second kappa shape index (κ2) is 13.4. The monoisotopic (exact) mass is 493 g/mol. The standard InChI is InChI=1S/C20H39N5O.HI/c1-8-21-19(24-16(4)12-11-13-25(9-2)10-3)23-15-18-22-14-17(26-18)20(5,6)7;/h14,16H,8-13,15H2,1-7H3,(H2,21,23,24);1H. The molecule has 1 atom stereocenters. The zero-order valence-electron chi connectivity index (χ0n) is 18.3. The van der Waals surface area contributed by atoms with Crippen LogP contribution in [0, 0.1) is 0 Å². The molecule has 158 valence electrons. The van der Waals surface area contributed by atoms with E-state index in [4.69, 9.17) is 4.42 Å². The van der Waals surface area contributed by atoms with Crippen LogP contribution in [0.25, 0.3) is 0 Å². The first-order valence-corrected chi connectivity index (χ1v) is 10.0. The van der Waals surface area contributed by atoms with E-state index >= 15 is 0 Å². The zero-order chi connectivity index (χ0) is 19.6. The lowest BCUT2D eigenvalue weighted by Crippen LogP contribution is -2.42. The quantitative estimate of drug-likeness (QED) is 0.291. The molecule has 0 saturated carbocycles. The van der Waals surface area contributed by atoms with Crippen LogP contribution in [-0.4, -0.2) is 48.1 Å². The van der Waals surface area contributed by atoms with Crippen LogP contribution >= 0.6 is 24.0 Å². The van der Waals surface area contributed by atoms with Crippen LogP contribution in [-0.2, 0) is 12.0 Å². The summed E-state index contributed by atoms with van der Waals surface area (Å²) in [6.45, 7) is 19.7. The lowest BCUT2D eigenvalue weighted by atomic mass is 9.94. The number of nitrogens with one attached hydrogen (secondary N) is 2. The number of nitrogens with zero attached hydrogens (tertiary/aromatic N) is 3. The fourth-order valence-electron chi connectivity index (χ4n) is 2.66. The molecule has 0 aliphatic carbocycles. The van der Waals surface area contributed by atoms with Crippen LogP contribution in [0.2, 0.25) is 0 Å². The minimum atomic E-state index is -0.0307. The maximum absolute atomic E-state index is 5.82. The Morgan fingerprint density at radius 1 is 1.26 bits per heavy atom. The number of rotatable bonds is 10. The first kappa shape index (κ1) is 26.2. The van der Waals surface area contributed by atoms with Crippen molar-refractivity contribution >= 4 is 29.9 Å². The molecule has 0 radical (unpaired) electrons. The molecule has 0 fully saturated rings. The largest absolute Gasteiger partial charge is 0.443 e. The molecule has 0 aliphatic heterocycles. The van der Waals surface area contributed by atoms with Gasteiger partial charge in [0.05, 0.1) is 6.20 Å². The number of aliphatic imine (C=N–C) groups is 1. The van der Waals surface area contributed by atoms with Crippen LogP contribution in [0.1, 0.15) is 73.0 Å².